The third-order valence-electron chi connectivity index (χ3n) is 3.58. The molecule has 0 spiro atoms. The number of aromatic nitrogens is 3. The van der Waals surface area contributed by atoms with Crippen molar-refractivity contribution in [3.05, 3.63) is 29.7 Å². The number of hydrogen-bond acceptors (Lipinski definition) is 3. The van der Waals surface area contributed by atoms with Gasteiger partial charge in [0, 0.05) is 18.2 Å². The Morgan fingerprint density at radius 1 is 1.41 bits per heavy atom. The third-order valence-corrected chi connectivity index (χ3v) is 3.58. The van der Waals surface area contributed by atoms with Crippen LogP contribution in [-0.4, -0.2) is 27.2 Å². The van der Waals surface area contributed by atoms with E-state index in [1.165, 1.54) is 5.56 Å². The summed E-state index contributed by atoms with van der Waals surface area (Å²) in [5.41, 5.74) is 2.20. The molecule has 17 heavy (non-hydrogen) atoms. The largest absolute Gasteiger partial charge is 0.314 e. The smallest absolute Gasteiger partial charge is 0.161 e. The Kier molecular flexibility index (Phi) is 2.59. The van der Waals surface area contributed by atoms with Gasteiger partial charge >= 0.3 is 0 Å². The van der Waals surface area contributed by atoms with Gasteiger partial charge in [0.15, 0.2) is 5.65 Å². The summed E-state index contributed by atoms with van der Waals surface area (Å²) in [6.07, 6.45) is 4.39. The average Bonchev–Trinajstić information content (AvgIpc) is 2.71. The first kappa shape index (κ1) is 10.7. The molecule has 4 nitrogen and oxygen atoms in total. The first-order chi connectivity index (χ1) is 8.24. The van der Waals surface area contributed by atoms with Crippen LogP contribution in [0.3, 0.4) is 0 Å². The maximum atomic E-state index is 4.38. The molecular weight excluding hydrogens is 212 g/mol. The van der Waals surface area contributed by atoms with E-state index in [0.29, 0.717) is 12.0 Å². The quantitative estimate of drug-likeness (QED) is 0.813. The molecule has 1 aliphatic heterocycles. The van der Waals surface area contributed by atoms with Gasteiger partial charge in [-0.25, -0.2) is 0 Å². The molecule has 0 aromatic carbocycles. The van der Waals surface area contributed by atoms with Gasteiger partial charge in [0.25, 0.3) is 0 Å². The second kappa shape index (κ2) is 4.11. The van der Waals surface area contributed by atoms with Crippen LogP contribution in [0.1, 0.15) is 37.1 Å². The fourth-order valence-electron chi connectivity index (χ4n) is 2.66. The van der Waals surface area contributed by atoms with Gasteiger partial charge in [-0.2, -0.15) is 0 Å². The maximum Gasteiger partial charge on any atom is 0.161 e. The highest BCUT2D eigenvalue weighted by molar-refractivity contribution is 5.41. The molecule has 0 radical (unpaired) electrons. The van der Waals surface area contributed by atoms with Crippen molar-refractivity contribution < 1.29 is 0 Å². The van der Waals surface area contributed by atoms with E-state index < -0.39 is 0 Å². The number of nitrogens with zero attached hydrogens (tertiary/aromatic N) is 3. The highest BCUT2D eigenvalue weighted by atomic mass is 15.2. The summed E-state index contributed by atoms with van der Waals surface area (Å²) in [6.45, 7) is 5.40. The molecule has 4 heteroatoms. The minimum Gasteiger partial charge on any atom is -0.314 e. The molecule has 0 aliphatic carbocycles. The van der Waals surface area contributed by atoms with Crippen molar-refractivity contribution in [2.45, 2.75) is 38.6 Å². The molecule has 90 valence electrons. The van der Waals surface area contributed by atoms with Crippen LogP contribution in [0.2, 0.25) is 0 Å². The van der Waals surface area contributed by atoms with Crippen molar-refractivity contribution in [3.8, 4) is 0 Å². The van der Waals surface area contributed by atoms with Gasteiger partial charge in [-0.05, 0) is 50.9 Å². The Bertz CT molecular complexity index is 531. The first-order valence-electron chi connectivity index (χ1n) is 6.28. The van der Waals surface area contributed by atoms with Crippen LogP contribution in [0, 0.1) is 6.92 Å². The highest BCUT2D eigenvalue weighted by Gasteiger charge is 2.23. The molecule has 0 saturated carbocycles. The Labute approximate surface area is 101 Å². The topological polar surface area (TPSA) is 42.2 Å². The lowest BCUT2D eigenvalue weighted by atomic mass is 9.92. The number of rotatable bonds is 1. The van der Waals surface area contributed by atoms with Crippen molar-refractivity contribution in [2.75, 3.05) is 6.54 Å². The molecule has 2 unspecified atom stereocenters. The molecule has 3 rings (SSSR count). The van der Waals surface area contributed by atoms with Crippen LogP contribution in [0.15, 0.2) is 18.3 Å². The van der Waals surface area contributed by atoms with Crippen LogP contribution in [0.5, 0.6) is 0 Å². The van der Waals surface area contributed by atoms with E-state index in [-0.39, 0.29) is 0 Å². The van der Waals surface area contributed by atoms with Crippen LogP contribution in [-0.2, 0) is 0 Å². The molecule has 3 heterocycles. The van der Waals surface area contributed by atoms with E-state index in [2.05, 4.69) is 52.1 Å². The minimum absolute atomic E-state index is 0.531. The fraction of sp³-hybridized carbons (Fsp3) is 0.538. The van der Waals surface area contributed by atoms with E-state index in [0.717, 1.165) is 30.9 Å². The Balaban J connectivity index is 1.99. The molecule has 0 amide bonds. The molecule has 0 bridgehead atoms. The number of piperidine rings is 1. The average molecular weight is 230 g/mol. The van der Waals surface area contributed by atoms with E-state index in [9.17, 15) is 0 Å². The standard InChI is InChI=1S/C13H18N4/c1-9-4-6-17-12(7-9)15-16-13(17)11-3-5-14-10(2)8-11/h4,6-7,10-11,14H,3,5,8H2,1-2H3. The monoisotopic (exact) mass is 230 g/mol. The van der Waals surface area contributed by atoms with Crippen molar-refractivity contribution in [2.24, 2.45) is 0 Å². The summed E-state index contributed by atoms with van der Waals surface area (Å²) < 4.78 is 2.13. The molecule has 2 aromatic rings. The number of pyridine rings is 1. The van der Waals surface area contributed by atoms with Crippen LogP contribution >= 0.6 is 0 Å². The molecule has 2 aromatic heterocycles. The van der Waals surface area contributed by atoms with E-state index in [1.807, 2.05) is 0 Å². The van der Waals surface area contributed by atoms with Crippen LogP contribution in [0.25, 0.3) is 5.65 Å². The van der Waals surface area contributed by atoms with Gasteiger partial charge < -0.3 is 5.32 Å². The summed E-state index contributed by atoms with van der Waals surface area (Å²) in [5.74, 6) is 1.65. The van der Waals surface area contributed by atoms with Gasteiger partial charge in [-0.15, -0.1) is 10.2 Å². The number of aryl methyl sites for hydroxylation is 1. The summed E-state index contributed by atoms with van der Waals surface area (Å²) >= 11 is 0. The Morgan fingerprint density at radius 3 is 3.12 bits per heavy atom. The zero-order valence-electron chi connectivity index (χ0n) is 10.3. The Hall–Kier alpha value is -1.42. The van der Waals surface area contributed by atoms with E-state index in [1.54, 1.807) is 0 Å². The first-order valence-corrected chi connectivity index (χ1v) is 6.28. The fourth-order valence-corrected chi connectivity index (χ4v) is 2.66. The predicted octanol–water partition coefficient (Wildman–Crippen LogP) is 1.89. The van der Waals surface area contributed by atoms with Crippen LogP contribution in [0.4, 0.5) is 0 Å². The minimum atomic E-state index is 0.531. The molecule has 1 saturated heterocycles. The molecular formula is C13H18N4. The third kappa shape index (κ3) is 1.93. The summed E-state index contributed by atoms with van der Waals surface area (Å²) in [5, 5.41) is 12.1. The van der Waals surface area contributed by atoms with Crippen molar-refractivity contribution in [1.29, 1.82) is 0 Å². The zero-order valence-corrected chi connectivity index (χ0v) is 10.3. The second-order valence-electron chi connectivity index (χ2n) is 5.07. The van der Waals surface area contributed by atoms with Crippen molar-refractivity contribution in [3.63, 3.8) is 0 Å². The number of fused-ring (bicyclic) bond motifs is 1. The van der Waals surface area contributed by atoms with E-state index in [4.69, 9.17) is 0 Å². The molecule has 2 atom stereocenters. The zero-order chi connectivity index (χ0) is 11.8. The lowest BCUT2D eigenvalue weighted by Gasteiger charge is -2.26. The second-order valence-corrected chi connectivity index (χ2v) is 5.07. The summed E-state index contributed by atoms with van der Waals surface area (Å²) in [6, 6.07) is 4.78. The predicted molar refractivity (Wildman–Crippen MR) is 67.2 cm³/mol. The van der Waals surface area contributed by atoms with Gasteiger partial charge in [0.1, 0.15) is 5.82 Å². The Morgan fingerprint density at radius 2 is 2.29 bits per heavy atom. The van der Waals surface area contributed by atoms with Crippen molar-refractivity contribution in [1.82, 2.24) is 19.9 Å². The summed E-state index contributed by atoms with van der Waals surface area (Å²) in [7, 11) is 0. The van der Waals surface area contributed by atoms with Gasteiger partial charge in [-0.1, -0.05) is 0 Å². The number of nitrogens with one attached hydrogen (secondary N) is 1. The lowest BCUT2D eigenvalue weighted by Crippen LogP contribution is -2.35. The molecule has 1 fully saturated rings. The number of hydrogen-bond donors (Lipinski definition) is 1. The van der Waals surface area contributed by atoms with Gasteiger partial charge in [0.2, 0.25) is 0 Å². The molecule has 1 N–H and O–H groups in total. The lowest BCUT2D eigenvalue weighted by molar-refractivity contribution is 0.369. The maximum absolute atomic E-state index is 4.38. The van der Waals surface area contributed by atoms with E-state index >= 15 is 0 Å². The van der Waals surface area contributed by atoms with Crippen molar-refractivity contribution >= 4 is 5.65 Å². The normalized spacial score (nSPS) is 25.3. The highest BCUT2D eigenvalue weighted by Crippen LogP contribution is 2.26. The van der Waals surface area contributed by atoms with Gasteiger partial charge in [0.05, 0.1) is 0 Å². The van der Waals surface area contributed by atoms with Crippen LogP contribution < -0.4 is 5.32 Å². The van der Waals surface area contributed by atoms with Gasteiger partial charge in [-0.3, -0.25) is 4.40 Å². The SMILES string of the molecule is Cc1ccn2c(C3CCNC(C)C3)nnc2c1. The summed E-state index contributed by atoms with van der Waals surface area (Å²) in [4.78, 5) is 0. The molecule has 1 aliphatic rings.